The first-order valence-electron chi connectivity index (χ1n) is 8.09. The van der Waals surface area contributed by atoms with Crippen LogP contribution in [0.25, 0.3) is 5.65 Å². The fourth-order valence-electron chi connectivity index (χ4n) is 2.87. The van der Waals surface area contributed by atoms with Crippen molar-refractivity contribution in [3.05, 3.63) is 18.0 Å². The van der Waals surface area contributed by atoms with Crippen LogP contribution in [0.5, 0.6) is 0 Å². The summed E-state index contributed by atoms with van der Waals surface area (Å²) in [5.74, 6) is 1.63. The first kappa shape index (κ1) is 17.1. The van der Waals surface area contributed by atoms with Gasteiger partial charge in [0, 0.05) is 31.6 Å². The highest BCUT2D eigenvalue weighted by Crippen LogP contribution is 2.22. The van der Waals surface area contributed by atoms with Gasteiger partial charge in [-0.1, -0.05) is 20.8 Å². The summed E-state index contributed by atoms with van der Waals surface area (Å²) in [6, 6.07) is 3.83. The van der Waals surface area contributed by atoms with Gasteiger partial charge in [-0.25, -0.2) is 12.7 Å². The van der Waals surface area contributed by atoms with Crippen molar-refractivity contribution in [3.8, 4) is 0 Å². The molecule has 1 fully saturated rings. The number of hydrogen-bond acceptors (Lipinski definition) is 6. The summed E-state index contributed by atoms with van der Waals surface area (Å²) >= 11 is 0. The van der Waals surface area contributed by atoms with E-state index in [0.29, 0.717) is 19.6 Å². The van der Waals surface area contributed by atoms with Gasteiger partial charge in [-0.3, -0.25) is 0 Å². The fourth-order valence-corrected chi connectivity index (χ4v) is 3.74. The van der Waals surface area contributed by atoms with Crippen molar-refractivity contribution in [3.63, 3.8) is 0 Å². The molecule has 1 saturated heterocycles. The maximum absolute atomic E-state index is 11.7. The molecule has 0 unspecified atom stereocenters. The van der Waals surface area contributed by atoms with Gasteiger partial charge in [0.05, 0.1) is 6.26 Å². The lowest BCUT2D eigenvalue weighted by atomic mass is 9.96. The van der Waals surface area contributed by atoms with Gasteiger partial charge in [0.1, 0.15) is 5.82 Å². The van der Waals surface area contributed by atoms with Crippen LogP contribution in [0.2, 0.25) is 0 Å². The summed E-state index contributed by atoms with van der Waals surface area (Å²) in [6.07, 6.45) is 2.04. The summed E-state index contributed by atoms with van der Waals surface area (Å²) in [5, 5.41) is 13.1. The summed E-state index contributed by atoms with van der Waals surface area (Å²) in [6.45, 7) is 8.66. The van der Waals surface area contributed by atoms with Crippen LogP contribution in [0.1, 0.15) is 33.0 Å². The second kappa shape index (κ2) is 5.96. The Morgan fingerprint density at radius 2 is 1.79 bits per heavy atom. The largest absolute Gasteiger partial charge is 0.354 e. The molecule has 0 saturated carbocycles. The molecular weight excluding hydrogens is 328 g/mol. The minimum absolute atomic E-state index is 0.156. The van der Waals surface area contributed by atoms with Crippen molar-refractivity contribution in [2.24, 2.45) is 0 Å². The molecule has 3 rings (SSSR count). The third-order valence-corrected chi connectivity index (χ3v) is 5.47. The van der Waals surface area contributed by atoms with E-state index in [1.54, 1.807) is 4.52 Å². The maximum Gasteiger partial charge on any atom is 0.211 e. The average Bonchev–Trinajstić information content (AvgIpc) is 2.73. The second-order valence-corrected chi connectivity index (χ2v) is 9.22. The summed E-state index contributed by atoms with van der Waals surface area (Å²) in [7, 11) is -3.15. The molecule has 132 valence electrons. The normalized spacial score (nSPS) is 18.1. The predicted molar refractivity (Wildman–Crippen MR) is 92.7 cm³/mol. The van der Waals surface area contributed by atoms with Crippen molar-refractivity contribution in [1.82, 2.24) is 24.1 Å². The highest BCUT2D eigenvalue weighted by Gasteiger charge is 2.24. The van der Waals surface area contributed by atoms with Gasteiger partial charge in [0.15, 0.2) is 11.5 Å². The maximum atomic E-state index is 11.7. The van der Waals surface area contributed by atoms with Gasteiger partial charge in [0.2, 0.25) is 10.0 Å². The Morgan fingerprint density at radius 1 is 1.04 bits per heavy atom. The molecule has 0 radical (unpaired) electrons. The lowest BCUT2D eigenvalue weighted by molar-refractivity contribution is 0.437. The number of aromatic nitrogens is 4. The minimum Gasteiger partial charge on any atom is -0.354 e. The molecule has 0 spiro atoms. The molecule has 1 aliphatic heterocycles. The zero-order valence-electron chi connectivity index (χ0n) is 14.6. The van der Waals surface area contributed by atoms with E-state index in [4.69, 9.17) is 5.10 Å². The first-order chi connectivity index (χ1) is 11.2. The summed E-state index contributed by atoms with van der Waals surface area (Å²) in [4.78, 5) is 2.12. The van der Waals surface area contributed by atoms with E-state index in [1.807, 2.05) is 12.1 Å². The molecule has 24 heavy (non-hydrogen) atoms. The van der Waals surface area contributed by atoms with Gasteiger partial charge in [-0.05, 0) is 18.6 Å². The molecule has 3 heterocycles. The Bertz CT molecular complexity index is 839. The van der Waals surface area contributed by atoms with Crippen molar-refractivity contribution >= 4 is 21.5 Å². The molecular formula is C15H24N6O2S. The van der Waals surface area contributed by atoms with E-state index in [9.17, 15) is 8.42 Å². The lowest BCUT2D eigenvalue weighted by Crippen LogP contribution is -2.34. The first-order valence-corrected chi connectivity index (χ1v) is 9.94. The topological polar surface area (TPSA) is 83.7 Å². The standard InChI is InChI=1S/C15H24N6O2S/c1-15(2,3)14-17-16-12-6-7-13(18-21(12)14)19-8-5-9-20(11-10-19)24(4,22)23/h6-7H,5,8-11H2,1-4H3. The Morgan fingerprint density at radius 3 is 2.46 bits per heavy atom. The van der Waals surface area contributed by atoms with Gasteiger partial charge in [0.25, 0.3) is 0 Å². The molecule has 0 aliphatic carbocycles. The Hall–Kier alpha value is -1.74. The second-order valence-electron chi connectivity index (χ2n) is 7.24. The number of rotatable bonds is 2. The smallest absolute Gasteiger partial charge is 0.211 e. The van der Waals surface area contributed by atoms with Crippen LogP contribution < -0.4 is 4.90 Å². The molecule has 0 atom stereocenters. The number of hydrogen-bond donors (Lipinski definition) is 0. The van der Waals surface area contributed by atoms with E-state index in [1.165, 1.54) is 10.6 Å². The van der Waals surface area contributed by atoms with Crippen LogP contribution >= 0.6 is 0 Å². The molecule has 0 bridgehead atoms. The molecule has 0 aromatic carbocycles. The molecule has 0 amide bonds. The minimum atomic E-state index is -3.15. The van der Waals surface area contributed by atoms with Crippen molar-refractivity contribution in [1.29, 1.82) is 0 Å². The highest BCUT2D eigenvalue weighted by atomic mass is 32.2. The highest BCUT2D eigenvalue weighted by molar-refractivity contribution is 7.88. The third-order valence-electron chi connectivity index (χ3n) is 4.17. The Labute approximate surface area is 142 Å². The van der Waals surface area contributed by atoms with E-state index in [-0.39, 0.29) is 5.41 Å². The predicted octanol–water partition coefficient (Wildman–Crippen LogP) is 0.893. The van der Waals surface area contributed by atoms with Crippen LogP contribution in [-0.4, -0.2) is 65.0 Å². The number of nitrogens with zero attached hydrogens (tertiary/aromatic N) is 6. The molecule has 9 heteroatoms. The van der Waals surface area contributed by atoms with Crippen molar-refractivity contribution in [2.45, 2.75) is 32.6 Å². The Balaban J connectivity index is 1.89. The number of fused-ring (bicyclic) bond motifs is 1. The number of anilines is 1. The average molecular weight is 352 g/mol. The summed E-state index contributed by atoms with van der Waals surface area (Å²) < 4.78 is 26.8. The van der Waals surface area contributed by atoms with E-state index in [0.717, 1.165) is 30.3 Å². The quantitative estimate of drug-likeness (QED) is 0.798. The van der Waals surface area contributed by atoms with Crippen LogP contribution in [0.15, 0.2) is 12.1 Å². The van der Waals surface area contributed by atoms with Gasteiger partial charge < -0.3 is 4.90 Å². The monoisotopic (exact) mass is 352 g/mol. The fraction of sp³-hybridized carbons (Fsp3) is 0.667. The van der Waals surface area contributed by atoms with Crippen LogP contribution in [0, 0.1) is 0 Å². The zero-order valence-corrected chi connectivity index (χ0v) is 15.4. The van der Waals surface area contributed by atoms with E-state index in [2.05, 4.69) is 35.9 Å². The third kappa shape index (κ3) is 3.36. The van der Waals surface area contributed by atoms with Crippen LogP contribution in [0.3, 0.4) is 0 Å². The molecule has 0 N–H and O–H groups in total. The van der Waals surface area contributed by atoms with Gasteiger partial charge >= 0.3 is 0 Å². The molecule has 2 aromatic rings. The summed E-state index contributed by atoms with van der Waals surface area (Å²) in [5.41, 5.74) is 0.563. The van der Waals surface area contributed by atoms with E-state index >= 15 is 0 Å². The molecule has 1 aliphatic rings. The molecule has 2 aromatic heterocycles. The van der Waals surface area contributed by atoms with Crippen molar-refractivity contribution < 1.29 is 8.42 Å². The van der Waals surface area contributed by atoms with Crippen molar-refractivity contribution in [2.75, 3.05) is 37.3 Å². The van der Waals surface area contributed by atoms with Gasteiger partial charge in [-0.15, -0.1) is 15.3 Å². The van der Waals surface area contributed by atoms with Crippen LogP contribution in [0.4, 0.5) is 5.82 Å². The zero-order chi connectivity index (χ0) is 17.5. The lowest BCUT2D eigenvalue weighted by Gasteiger charge is -2.22. The molecule has 8 nitrogen and oxygen atoms in total. The Kier molecular flexibility index (Phi) is 4.25. The number of sulfonamides is 1. The van der Waals surface area contributed by atoms with E-state index < -0.39 is 10.0 Å². The van der Waals surface area contributed by atoms with Crippen LogP contribution in [-0.2, 0) is 15.4 Å². The SMILES string of the molecule is CC(C)(C)c1nnc2ccc(N3CCCN(S(C)(=O)=O)CC3)nn12. The van der Waals surface area contributed by atoms with Gasteiger partial charge in [-0.2, -0.15) is 4.52 Å².